The zero-order chi connectivity index (χ0) is 11.2. The van der Waals surface area contributed by atoms with E-state index in [2.05, 4.69) is 22.0 Å². The maximum absolute atomic E-state index is 5.85. The van der Waals surface area contributed by atoms with Crippen LogP contribution in [0.5, 0.6) is 23.0 Å². The van der Waals surface area contributed by atoms with Crippen molar-refractivity contribution < 1.29 is 9.47 Å². The van der Waals surface area contributed by atoms with Crippen LogP contribution >= 0.6 is 0 Å². The maximum atomic E-state index is 5.85. The molecule has 3 aromatic rings. The van der Waals surface area contributed by atoms with Crippen molar-refractivity contribution in [2.75, 3.05) is 0 Å². The van der Waals surface area contributed by atoms with Gasteiger partial charge in [0.05, 0.1) is 0 Å². The van der Waals surface area contributed by atoms with Gasteiger partial charge in [0, 0.05) is 0 Å². The average molecular weight is 287 g/mol. The van der Waals surface area contributed by atoms with Crippen LogP contribution in [-0.2, 0) is 0 Å². The van der Waals surface area contributed by atoms with Crippen LogP contribution in [0.25, 0.3) is 10.8 Å². The van der Waals surface area contributed by atoms with E-state index in [0.717, 1.165) is 23.0 Å². The number of ether oxygens (including phenoxy) is 2. The molecule has 0 N–H and O–H groups in total. The predicted molar refractivity (Wildman–Crippen MR) is 67.5 cm³/mol. The van der Waals surface area contributed by atoms with E-state index in [1.54, 1.807) is 0 Å². The van der Waals surface area contributed by atoms with Crippen molar-refractivity contribution in [1.29, 1.82) is 0 Å². The van der Waals surface area contributed by atoms with Crippen LogP contribution in [0.15, 0.2) is 46.3 Å². The minimum absolute atomic E-state index is 0.367. The number of benzene rings is 2. The molecule has 0 unspecified atom stereocenters. The van der Waals surface area contributed by atoms with Crippen LogP contribution in [0.2, 0.25) is 0 Å². The first kappa shape index (κ1) is 9.34. The molecule has 3 heteroatoms. The Hall–Kier alpha value is -1.70. The summed E-state index contributed by atoms with van der Waals surface area (Å²) in [5.41, 5.74) is 0. The molecule has 1 aromatic heterocycles. The summed E-state index contributed by atoms with van der Waals surface area (Å²) in [6, 6.07) is 12.3. The first-order valence-electron chi connectivity index (χ1n) is 5.35. The van der Waals surface area contributed by atoms with Crippen LogP contribution in [0.3, 0.4) is 0 Å². The molecular formula is C14H8O2Se. The molecule has 82 valence electrons. The molecule has 0 atom stereocenters. The SMILES string of the molecule is c1ccc2cc3c(cc2c1)Oc1c[se]cc1O3. The average Bonchev–Trinajstić information content (AvgIpc) is 2.80. The summed E-state index contributed by atoms with van der Waals surface area (Å²) in [5, 5.41) is 2.35. The molecule has 0 aliphatic carbocycles. The van der Waals surface area contributed by atoms with Crippen molar-refractivity contribution in [1.82, 2.24) is 0 Å². The Balaban J connectivity index is 1.95. The summed E-state index contributed by atoms with van der Waals surface area (Å²) in [4.78, 5) is 4.20. The fourth-order valence-electron chi connectivity index (χ4n) is 2.02. The van der Waals surface area contributed by atoms with Crippen LogP contribution in [-0.4, -0.2) is 14.5 Å². The van der Waals surface area contributed by atoms with Crippen LogP contribution < -0.4 is 9.47 Å². The Labute approximate surface area is 104 Å². The van der Waals surface area contributed by atoms with Gasteiger partial charge >= 0.3 is 104 Å². The van der Waals surface area contributed by atoms with Gasteiger partial charge in [-0.2, -0.15) is 0 Å². The number of rotatable bonds is 0. The minimum atomic E-state index is 0.367. The van der Waals surface area contributed by atoms with Crippen LogP contribution in [0.1, 0.15) is 0 Å². The monoisotopic (exact) mass is 288 g/mol. The standard InChI is InChI=1S/C14H8O2Se/c1-2-4-10-6-12-11(5-9(10)3-1)15-13-7-17-8-14(13)16-12/h1-8H. The van der Waals surface area contributed by atoms with Gasteiger partial charge in [-0.3, -0.25) is 0 Å². The topological polar surface area (TPSA) is 18.5 Å². The van der Waals surface area contributed by atoms with Crippen molar-refractivity contribution in [2.24, 2.45) is 0 Å². The van der Waals surface area contributed by atoms with Gasteiger partial charge in [0.2, 0.25) is 0 Å². The molecule has 1 aliphatic rings. The van der Waals surface area contributed by atoms with E-state index < -0.39 is 0 Å². The Morgan fingerprint density at radius 3 is 1.76 bits per heavy atom. The van der Waals surface area contributed by atoms with E-state index in [9.17, 15) is 0 Å². The van der Waals surface area contributed by atoms with Crippen molar-refractivity contribution >= 4 is 25.3 Å². The second-order valence-electron chi connectivity index (χ2n) is 3.95. The Kier molecular flexibility index (Phi) is 1.86. The Bertz CT molecular complexity index is 656. The summed E-state index contributed by atoms with van der Waals surface area (Å²) >= 11 is 0.367. The molecule has 2 nitrogen and oxygen atoms in total. The summed E-state index contributed by atoms with van der Waals surface area (Å²) in [7, 11) is 0. The van der Waals surface area contributed by atoms with Gasteiger partial charge in [0.1, 0.15) is 0 Å². The fraction of sp³-hybridized carbons (Fsp3) is 0. The molecule has 0 saturated heterocycles. The summed E-state index contributed by atoms with van der Waals surface area (Å²) in [6.07, 6.45) is 0. The molecule has 0 spiro atoms. The van der Waals surface area contributed by atoms with Crippen LogP contribution in [0, 0.1) is 0 Å². The van der Waals surface area contributed by atoms with E-state index in [1.165, 1.54) is 10.8 Å². The van der Waals surface area contributed by atoms with E-state index in [0.29, 0.717) is 14.5 Å². The molecule has 0 bridgehead atoms. The quantitative estimate of drug-likeness (QED) is 0.458. The second-order valence-corrected chi connectivity index (χ2v) is 5.51. The van der Waals surface area contributed by atoms with Gasteiger partial charge in [0.15, 0.2) is 0 Å². The summed E-state index contributed by atoms with van der Waals surface area (Å²) in [6.45, 7) is 0. The number of hydrogen-bond donors (Lipinski definition) is 0. The van der Waals surface area contributed by atoms with Gasteiger partial charge in [0.25, 0.3) is 0 Å². The Morgan fingerprint density at radius 2 is 1.24 bits per heavy atom. The molecule has 2 aromatic carbocycles. The van der Waals surface area contributed by atoms with Crippen molar-refractivity contribution in [3.05, 3.63) is 46.3 Å². The third-order valence-electron chi connectivity index (χ3n) is 2.84. The van der Waals surface area contributed by atoms with E-state index in [1.807, 2.05) is 24.3 Å². The van der Waals surface area contributed by atoms with Crippen LogP contribution in [0.4, 0.5) is 0 Å². The van der Waals surface area contributed by atoms with Crippen molar-refractivity contribution in [3.8, 4) is 23.0 Å². The van der Waals surface area contributed by atoms with Gasteiger partial charge in [-0.1, -0.05) is 0 Å². The van der Waals surface area contributed by atoms with Crippen molar-refractivity contribution in [2.45, 2.75) is 0 Å². The van der Waals surface area contributed by atoms with E-state index in [4.69, 9.17) is 9.47 Å². The zero-order valence-electron chi connectivity index (χ0n) is 8.84. The van der Waals surface area contributed by atoms with Gasteiger partial charge in [-0.25, -0.2) is 0 Å². The molecule has 1 aliphatic heterocycles. The third-order valence-corrected chi connectivity index (χ3v) is 4.31. The molecule has 4 rings (SSSR count). The van der Waals surface area contributed by atoms with Gasteiger partial charge in [-0.05, 0) is 0 Å². The first-order valence-corrected chi connectivity index (χ1v) is 7.33. The van der Waals surface area contributed by atoms with Gasteiger partial charge in [-0.15, -0.1) is 0 Å². The second kappa shape index (κ2) is 3.39. The van der Waals surface area contributed by atoms with E-state index in [-0.39, 0.29) is 0 Å². The molecule has 0 amide bonds. The van der Waals surface area contributed by atoms with Crippen molar-refractivity contribution in [3.63, 3.8) is 0 Å². The first-order chi connectivity index (χ1) is 8.40. The Morgan fingerprint density at radius 1 is 0.706 bits per heavy atom. The number of hydrogen-bond acceptors (Lipinski definition) is 2. The summed E-state index contributed by atoms with van der Waals surface area (Å²) in [5.74, 6) is 3.36. The molecule has 0 fully saturated rings. The molecule has 0 saturated carbocycles. The molecule has 2 heterocycles. The van der Waals surface area contributed by atoms with Gasteiger partial charge < -0.3 is 0 Å². The number of fused-ring (bicyclic) bond motifs is 3. The fourth-order valence-corrected chi connectivity index (χ4v) is 3.37. The molecular weight excluding hydrogens is 279 g/mol. The van der Waals surface area contributed by atoms with E-state index >= 15 is 0 Å². The normalized spacial score (nSPS) is 12.5. The third kappa shape index (κ3) is 1.40. The zero-order valence-corrected chi connectivity index (χ0v) is 10.6. The molecule has 17 heavy (non-hydrogen) atoms. The predicted octanol–water partition coefficient (Wildman–Crippen LogP) is 3.79. The summed E-state index contributed by atoms with van der Waals surface area (Å²) < 4.78 is 11.7. The molecule has 0 radical (unpaired) electrons.